The van der Waals surface area contributed by atoms with E-state index < -0.39 is 11.7 Å². The second kappa shape index (κ2) is 8.52. The Kier molecular flexibility index (Phi) is 6.28. The van der Waals surface area contributed by atoms with Crippen molar-refractivity contribution in [1.82, 2.24) is 14.8 Å². The van der Waals surface area contributed by atoms with E-state index in [1.54, 1.807) is 29.2 Å². The van der Waals surface area contributed by atoms with Crippen molar-refractivity contribution in [3.8, 4) is 5.75 Å². The van der Waals surface area contributed by atoms with E-state index in [-0.39, 0.29) is 6.54 Å². The summed E-state index contributed by atoms with van der Waals surface area (Å²) >= 11 is 12.5. The highest BCUT2D eigenvalue weighted by molar-refractivity contribution is 6.35. The summed E-state index contributed by atoms with van der Waals surface area (Å²) in [6.07, 6.45) is 2.96. The molecule has 0 saturated heterocycles. The van der Waals surface area contributed by atoms with Crippen LogP contribution < -0.4 is 4.74 Å². The fourth-order valence-corrected chi connectivity index (χ4v) is 3.86. The Morgan fingerprint density at radius 1 is 1.21 bits per heavy atom. The molecule has 0 amide bonds. The number of benzene rings is 2. The molecule has 1 heterocycles. The maximum atomic E-state index is 11.9. The number of hydrogen-bond acceptors (Lipinski definition) is 4. The van der Waals surface area contributed by atoms with Gasteiger partial charge in [0.1, 0.15) is 30.1 Å². The SMILES string of the molecule is CCC(Oc1cccc(C)c1C)C(O)(Cn1cncn1)c1ccc(Cl)cc1Cl. The van der Waals surface area contributed by atoms with Crippen LogP contribution >= 0.6 is 23.2 Å². The summed E-state index contributed by atoms with van der Waals surface area (Å²) in [4.78, 5) is 3.98. The van der Waals surface area contributed by atoms with Gasteiger partial charge in [0.05, 0.1) is 6.54 Å². The minimum absolute atomic E-state index is 0.137. The number of aliphatic hydroxyl groups is 1. The van der Waals surface area contributed by atoms with Gasteiger partial charge in [-0.25, -0.2) is 9.67 Å². The second-order valence-electron chi connectivity index (χ2n) is 6.85. The third-order valence-electron chi connectivity index (χ3n) is 4.99. The zero-order valence-corrected chi connectivity index (χ0v) is 17.6. The van der Waals surface area contributed by atoms with E-state index in [0.29, 0.717) is 22.0 Å². The predicted molar refractivity (Wildman–Crippen MR) is 111 cm³/mol. The van der Waals surface area contributed by atoms with Crippen LogP contribution in [0.5, 0.6) is 5.75 Å². The van der Waals surface area contributed by atoms with Crippen LogP contribution in [0.25, 0.3) is 0 Å². The van der Waals surface area contributed by atoms with Crippen molar-refractivity contribution < 1.29 is 9.84 Å². The van der Waals surface area contributed by atoms with Gasteiger partial charge in [0, 0.05) is 15.6 Å². The molecule has 7 heteroatoms. The van der Waals surface area contributed by atoms with Crippen molar-refractivity contribution >= 4 is 23.2 Å². The van der Waals surface area contributed by atoms with Gasteiger partial charge in [0.25, 0.3) is 0 Å². The number of halogens is 2. The fraction of sp³-hybridized carbons (Fsp3) is 0.333. The molecule has 148 valence electrons. The molecule has 3 aromatic rings. The van der Waals surface area contributed by atoms with Crippen molar-refractivity contribution in [3.63, 3.8) is 0 Å². The normalized spacial score (nSPS) is 14.5. The van der Waals surface area contributed by atoms with Crippen molar-refractivity contribution in [3.05, 3.63) is 75.8 Å². The summed E-state index contributed by atoms with van der Waals surface area (Å²) < 4.78 is 7.90. The lowest BCUT2D eigenvalue weighted by molar-refractivity contribution is -0.0830. The van der Waals surface area contributed by atoms with Crippen molar-refractivity contribution in [2.45, 2.75) is 45.4 Å². The number of rotatable bonds is 7. The molecule has 0 aliphatic carbocycles. The number of nitrogens with zero attached hydrogens (tertiary/aromatic N) is 3. The molecule has 2 unspecified atom stereocenters. The van der Waals surface area contributed by atoms with Gasteiger partial charge in [0.2, 0.25) is 0 Å². The van der Waals surface area contributed by atoms with E-state index in [2.05, 4.69) is 10.1 Å². The molecule has 0 radical (unpaired) electrons. The van der Waals surface area contributed by atoms with Crippen LogP contribution in [-0.4, -0.2) is 26.0 Å². The molecule has 1 aromatic heterocycles. The molecule has 0 aliphatic heterocycles. The lowest BCUT2D eigenvalue weighted by atomic mass is 9.86. The summed E-state index contributed by atoms with van der Waals surface area (Å²) in [6.45, 7) is 6.13. The van der Waals surface area contributed by atoms with Crippen LogP contribution in [0.4, 0.5) is 0 Å². The molecule has 0 spiro atoms. The Bertz CT molecular complexity index is 947. The summed E-state index contributed by atoms with van der Waals surface area (Å²) in [5.74, 6) is 0.731. The van der Waals surface area contributed by atoms with Gasteiger partial charge in [-0.3, -0.25) is 0 Å². The summed E-state index contributed by atoms with van der Waals surface area (Å²) in [5.41, 5.74) is 1.24. The molecule has 5 nitrogen and oxygen atoms in total. The van der Waals surface area contributed by atoms with E-state index in [1.807, 2.05) is 39.0 Å². The lowest BCUT2D eigenvalue weighted by Gasteiger charge is -2.37. The molecular weight excluding hydrogens is 397 g/mol. The van der Waals surface area contributed by atoms with Gasteiger partial charge >= 0.3 is 0 Å². The minimum atomic E-state index is -1.44. The first-order chi connectivity index (χ1) is 13.3. The Morgan fingerprint density at radius 2 is 2.00 bits per heavy atom. The zero-order chi connectivity index (χ0) is 20.3. The lowest BCUT2D eigenvalue weighted by Crippen LogP contribution is -2.46. The van der Waals surface area contributed by atoms with Crippen molar-refractivity contribution in [2.75, 3.05) is 0 Å². The Morgan fingerprint density at radius 3 is 2.64 bits per heavy atom. The topological polar surface area (TPSA) is 60.2 Å². The monoisotopic (exact) mass is 419 g/mol. The fourth-order valence-electron chi connectivity index (χ4n) is 3.29. The number of ether oxygens (including phenoxy) is 1. The van der Waals surface area contributed by atoms with Gasteiger partial charge in [-0.05, 0) is 49.6 Å². The molecular formula is C21H23Cl2N3O2. The van der Waals surface area contributed by atoms with E-state index in [9.17, 15) is 5.11 Å². The van der Waals surface area contributed by atoms with Crippen LogP contribution in [0.1, 0.15) is 30.0 Å². The Balaban J connectivity index is 2.06. The zero-order valence-electron chi connectivity index (χ0n) is 16.1. The van der Waals surface area contributed by atoms with E-state index >= 15 is 0 Å². The van der Waals surface area contributed by atoms with Crippen molar-refractivity contribution in [1.29, 1.82) is 0 Å². The highest BCUT2D eigenvalue weighted by atomic mass is 35.5. The third-order valence-corrected chi connectivity index (χ3v) is 5.54. The molecule has 0 bridgehead atoms. The second-order valence-corrected chi connectivity index (χ2v) is 7.70. The molecule has 1 N–H and O–H groups in total. The molecule has 28 heavy (non-hydrogen) atoms. The van der Waals surface area contributed by atoms with Crippen molar-refractivity contribution in [2.24, 2.45) is 0 Å². The van der Waals surface area contributed by atoms with Gasteiger partial charge in [-0.15, -0.1) is 0 Å². The van der Waals surface area contributed by atoms with Crippen LogP contribution in [-0.2, 0) is 12.1 Å². The number of aryl methyl sites for hydroxylation is 1. The molecule has 2 atom stereocenters. The maximum absolute atomic E-state index is 11.9. The van der Waals surface area contributed by atoms with Gasteiger partial charge in [-0.1, -0.05) is 48.3 Å². The van der Waals surface area contributed by atoms with E-state index in [1.165, 1.54) is 6.33 Å². The minimum Gasteiger partial charge on any atom is -0.487 e. The quantitative estimate of drug-likeness (QED) is 0.588. The third kappa shape index (κ3) is 4.17. The van der Waals surface area contributed by atoms with Crippen LogP contribution in [0.3, 0.4) is 0 Å². The van der Waals surface area contributed by atoms with Gasteiger partial charge < -0.3 is 9.84 Å². The number of aromatic nitrogens is 3. The largest absolute Gasteiger partial charge is 0.487 e. The average Bonchev–Trinajstić information content (AvgIpc) is 3.15. The van der Waals surface area contributed by atoms with Crippen LogP contribution in [0.2, 0.25) is 10.0 Å². The van der Waals surface area contributed by atoms with Crippen LogP contribution in [0, 0.1) is 13.8 Å². The van der Waals surface area contributed by atoms with Gasteiger partial charge in [0.15, 0.2) is 0 Å². The first-order valence-electron chi connectivity index (χ1n) is 9.08. The summed E-state index contributed by atoms with van der Waals surface area (Å²) in [5, 5.41) is 16.9. The number of hydrogen-bond donors (Lipinski definition) is 1. The molecule has 0 fully saturated rings. The predicted octanol–water partition coefficient (Wildman–Crippen LogP) is 4.95. The van der Waals surface area contributed by atoms with E-state index in [0.717, 1.165) is 16.9 Å². The standard InChI is InChI=1S/C21H23Cl2N3O2/c1-4-20(28-19-7-5-6-14(2)15(19)3)21(27,11-26-13-24-12-25-26)17-9-8-16(22)10-18(17)23/h5-10,12-13,20,27H,4,11H2,1-3H3. The average molecular weight is 420 g/mol. The molecule has 0 saturated carbocycles. The van der Waals surface area contributed by atoms with Crippen LogP contribution in [0.15, 0.2) is 49.1 Å². The maximum Gasteiger partial charge on any atom is 0.147 e. The molecule has 3 rings (SSSR count). The van der Waals surface area contributed by atoms with E-state index in [4.69, 9.17) is 27.9 Å². The first kappa shape index (κ1) is 20.6. The Labute approximate surface area is 174 Å². The first-order valence-corrected chi connectivity index (χ1v) is 9.84. The smallest absolute Gasteiger partial charge is 0.147 e. The van der Waals surface area contributed by atoms with Gasteiger partial charge in [-0.2, -0.15) is 5.10 Å². The highest BCUT2D eigenvalue weighted by Gasteiger charge is 2.42. The molecule has 0 aliphatic rings. The molecule has 2 aromatic carbocycles. The summed E-state index contributed by atoms with van der Waals surface area (Å²) in [7, 11) is 0. The Hall–Kier alpha value is -2.08. The highest BCUT2D eigenvalue weighted by Crippen LogP contribution is 2.38. The summed E-state index contributed by atoms with van der Waals surface area (Å²) in [6, 6.07) is 10.9.